The smallest absolute Gasteiger partial charge is 0.305 e. The summed E-state index contributed by atoms with van der Waals surface area (Å²) in [4.78, 5) is 11.7. The van der Waals surface area contributed by atoms with Crippen LogP contribution in [0, 0.1) is 5.41 Å². The SMILES string of the molecule is COc1cc([C@H]2OC3[C@H](OC(C)=O)O[C@H]4C[C@@]25CCCC[C@@]35O4)cc(OC)c1OC. The summed E-state index contributed by atoms with van der Waals surface area (Å²) in [6.45, 7) is 1.39. The van der Waals surface area contributed by atoms with Gasteiger partial charge in [-0.25, -0.2) is 0 Å². The molecule has 0 radical (unpaired) electrons. The molecule has 1 unspecified atom stereocenters. The van der Waals surface area contributed by atoms with E-state index < -0.39 is 24.3 Å². The van der Waals surface area contributed by atoms with Gasteiger partial charge in [0.15, 0.2) is 23.9 Å². The topological polar surface area (TPSA) is 81.7 Å². The third kappa shape index (κ3) is 2.53. The van der Waals surface area contributed by atoms with Crippen molar-refractivity contribution in [3.63, 3.8) is 0 Å². The van der Waals surface area contributed by atoms with Crippen molar-refractivity contribution >= 4 is 5.97 Å². The van der Waals surface area contributed by atoms with Gasteiger partial charge in [-0.3, -0.25) is 4.79 Å². The van der Waals surface area contributed by atoms with E-state index in [0.717, 1.165) is 31.2 Å². The van der Waals surface area contributed by atoms with E-state index in [-0.39, 0.29) is 17.5 Å². The van der Waals surface area contributed by atoms with E-state index in [1.54, 1.807) is 21.3 Å². The summed E-state index contributed by atoms with van der Waals surface area (Å²) < 4.78 is 41.2. The van der Waals surface area contributed by atoms with Crippen molar-refractivity contribution in [1.29, 1.82) is 0 Å². The maximum Gasteiger partial charge on any atom is 0.305 e. The highest BCUT2D eigenvalue weighted by molar-refractivity contribution is 5.66. The predicted molar refractivity (Wildman–Crippen MR) is 103 cm³/mol. The van der Waals surface area contributed by atoms with E-state index in [9.17, 15) is 4.79 Å². The molecule has 4 aliphatic rings. The summed E-state index contributed by atoms with van der Waals surface area (Å²) in [5.41, 5.74) is 0.144. The third-order valence-corrected chi connectivity index (χ3v) is 7.19. The van der Waals surface area contributed by atoms with Crippen LogP contribution in [0.15, 0.2) is 12.1 Å². The molecule has 8 nitrogen and oxygen atoms in total. The molecule has 5 rings (SSSR count). The average Bonchev–Trinajstić information content (AvgIpc) is 3.18. The highest BCUT2D eigenvalue weighted by Gasteiger charge is 2.77. The second kappa shape index (κ2) is 7.00. The minimum atomic E-state index is -0.770. The van der Waals surface area contributed by atoms with Gasteiger partial charge in [-0.15, -0.1) is 0 Å². The highest BCUT2D eigenvalue weighted by atomic mass is 16.8. The zero-order chi connectivity index (χ0) is 21.1. The lowest BCUT2D eigenvalue weighted by atomic mass is 9.59. The minimum absolute atomic E-state index is 0.261. The molecular formula is C22H28O8. The van der Waals surface area contributed by atoms with Gasteiger partial charge in [-0.2, -0.15) is 0 Å². The van der Waals surface area contributed by atoms with E-state index in [1.165, 1.54) is 6.92 Å². The Bertz CT molecular complexity index is 831. The first-order valence-electron chi connectivity index (χ1n) is 10.4. The Kier molecular flexibility index (Phi) is 4.65. The Labute approximate surface area is 175 Å². The molecule has 0 amide bonds. The molecule has 6 atom stereocenters. The van der Waals surface area contributed by atoms with Gasteiger partial charge in [0.25, 0.3) is 0 Å². The van der Waals surface area contributed by atoms with Crippen molar-refractivity contribution in [1.82, 2.24) is 0 Å². The first-order valence-corrected chi connectivity index (χ1v) is 10.4. The zero-order valence-corrected chi connectivity index (χ0v) is 17.8. The standard InChI is InChI=1S/C22H28O8/c1-12(23)27-20-19-22-8-6-5-7-21(22,11-16(28-20)30-22)18(29-19)13-9-14(24-2)17(26-4)15(10-13)25-3/h9-10,16,18-20H,5-8,11H2,1-4H3/t16-,18-,19?,20-,21+,22-/m1/s1. The molecule has 8 heteroatoms. The summed E-state index contributed by atoms with van der Waals surface area (Å²) >= 11 is 0. The lowest BCUT2D eigenvalue weighted by molar-refractivity contribution is -0.341. The van der Waals surface area contributed by atoms with E-state index in [4.69, 9.17) is 33.2 Å². The van der Waals surface area contributed by atoms with E-state index in [2.05, 4.69) is 0 Å². The second-order valence-corrected chi connectivity index (χ2v) is 8.51. The Hall–Kier alpha value is -2.03. The molecule has 0 N–H and O–H groups in total. The van der Waals surface area contributed by atoms with Gasteiger partial charge in [-0.05, 0) is 30.5 Å². The molecule has 164 valence electrons. The van der Waals surface area contributed by atoms with Crippen LogP contribution in [0.4, 0.5) is 0 Å². The summed E-state index contributed by atoms with van der Waals surface area (Å²) in [5.74, 6) is 1.31. The van der Waals surface area contributed by atoms with Gasteiger partial charge in [-0.1, -0.05) is 12.8 Å². The Morgan fingerprint density at radius 1 is 1.03 bits per heavy atom. The molecule has 3 heterocycles. The average molecular weight is 420 g/mol. The molecular weight excluding hydrogens is 392 g/mol. The lowest BCUT2D eigenvalue weighted by Gasteiger charge is -2.47. The predicted octanol–water partition coefficient (Wildman–Crippen LogP) is 3.12. The number of carbonyl (C=O) groups excluding carboxylic acids is 1. The Morgan fingerprint density at radius 3 is 2.37 bits per heavy atom. The third-order valence-electron chi connectivity index (χ3n) is 7.19. The summed E-state index contributed by atoms with van der Waals surface area (Å²) in [5, 5.41) is 0. The monoisotopic (exact) mass is 420 g/mol. The molecule has 1 saturated carbocycles. The van der Waals surface area contributed by atoms with Crippen LogP contribution in [0.25, 0.3) is 0 Å². The molecule has 1 aliphatic carbocycles. The molecule has 1 spiro atoms. The maximum absolute atomic E-state index is 11.7. The van der Waals surface area contributed by atoms with Gasteiger partial charge < -0.3 is 33.2 Å². The van der Waals surface area contributed by atoms with E-state index in [1.807, 2.05) is 12.1 Å². The molecule has 0 aromatic heterocycles. The number of hydrogen-bond acceptors (Lipinski definition) is 8. The lowest BCUT2D eigenvalue weighted by Crippen LogP contribution is -2.58. The number of benzene rings is 1. The first kappa shape index (κ1) is 19.9. The fourth-order valence-electron chi connectivity index (χ4n) is 6.14. The molecule has 3 saturated heterocycles. The fraction of sp³-hybridized carbons (Fsp3) is 0.682. The van der Waals surface area contributed by atoms with E-state index >= 15 is 0 Å². The summed E-state index contributed by atoms with van der Waals surface area (Å²) in [6, 6.07) is 3.89. The number of methoxy groups -OCH3 is 3. The largest absolute Gasteiger partial charge is 0.493 e. The molecule has 2 bridgehead atoms. The zero-order valence-electron chi connectivity index (χ0n) is 17.8. The van der Waals surface area contributed by atoms with Gasteiger partial charge in [0.2, 0.25) is 12.0 Å². The van der Waals surface area contributed by atoms with Crippen molar-refractivity contribution < 1.29 is 38.0 Å². The van der Waals surface area contributed by atoms with Crippen LogP contribution >= 0.6 is 0 Å². The maximum atomic E-state index is 11.7. The number of hydrogen-bond donors (Lipinski definition) is 0. The fourth-order valence-corrected chi connectivity index (χ4v) is 6.14. The normalized spacial score (nSPS) is 38.7. The van der Waals surface area contributed by atoms with Crippen LogP contribution in [0.2, 0.25) is 0 Å². The number of fused-ring (bicyclic) bond motifs is 1. The number of rotatable bonds is 5. The molecule has 30 heavy (non-hydrogen) atoms. The van der Waals surface area contributed by atoms with Crippen molar-refractivity contribution in [2.45, 2.75) is 69.4 Å². The molecule has 1 aromatic carbocycles. The molecule has 1 aromatic rings. The van der Waals surface area contributed by atoms with Crippen LogP contribution in [0.5, 0.6) is 17.2 Å². The Morgan fingerprint density at radius 2 is 1.73 bits per heavy atom. The first-order chi connectivity index (χ1) is 14.5. The van der Waals surface area contributed by atoms with Gasteiger partial charge in [0, 0.05) is 18.8 Å². The highest BCUT2D eigenvalue weighted by Crippen LogP contribution is 2.71. The van der Waals surface area contributed by atoms with Crippen molar-refractivity contribution in [3.8, 4) is 17.2 Å². The van der Waals surface area contributed by atoms with E-state index in [0.29, 0.717) is 23.7 Å². The summed E-state index contributed by atoms with van der Waals surface area (Å²) in [6.07, 6.45) is 2.73. The molecule has 3 aliphatic heterocycles. The van der Waals surface area contributed by atoms with Crippen LogP contribution in [0.1, 0.15) is 50.7 Å². The van der Waals surface area contributed by atoms with Gasteiger partial charge >= 0.3 is 5.97 Å². The minimum Gasteiger partial charge on any atom is -0.493 e. The quantitative estimate of drug-likeness (QED) is 0.672. The van der Waals surface area contributed by atoms with Crippen molar-refractivity contribution in [2.75, 3.05) is 21.3 Å². The molecule has 4 fully saturated rings. The number of carbonyl (C=O) groups is 1. The number of esters is 1. The van der Waals surface area contributed by atoms with Crippen LogP contribution in [0.3, 0.4) is 0 Å². The van der Waals surface area contributed by atoms with Crippen molar-refractivity contribution in [3.05, 3.63) is 17.7 Å². The second-order valence-electron chi connectivity index (χ2n) is 8.51. The summed E-state index contributed by atoms with van der Waals surface area (Å²) in [7, 11) is 4.79. The number of ether oxygens (including phenoxy) is 7. The van der Waals surface area contributed by atoms with Gasteiger partial charge in [0.1, 0.15) is 5.60 Å². The van der Waals surface area contributed by atoms with Crippen LogP contribution < -0.4 is 14.2 Å². The Balaban J connectivity index is 1.62. The van der Waals surface area contributed by atoms with Gasteiger partial charge in [0.05, 0.1) is 27.4 Å². The van der Waals surface area contributed by atoms with Crippen molar-refractivity contribution in [2.24, 2.45) is 5.41 Å². The van der Waals surface area contributed by atoms with Crippen LogP contribution in [-0.2, 0) is 23.7 Å². The van der Waals surface area contributed by atoms with Crippen LogP contribution in [-0.4, -0.2) is 51.6 Å².